The number of carbonyl (C=O) groups excluding carboxylic acids is 1. The molecule has 6 nitrogen and oxygen atoms in total. The summed E-state index contributed by atoms with van der Waals surface area (Å²) in [5.41, 5.74) is 0.0423. The van der Waals surface area contributed by atoms with Crippen LogP contribution in [0.3, 0.4) is 0 Å². The highest BCUT2D eigenvalue weighted by molar-refractivity contribution is 5.76. The molecular formula is C15H23N3O3. The topological polar surface area (TPSA) is 68.5 Å². The van der Waals surface area contributed by atoms with Crippen LogP contribution in [-0.2, 0) is 9.53 Å². The minimum Gasteiger partial charge on any atom is -0.381 e. The number of aromatic nitrogens is 2. The largest absolute Gasteiger partial charge is 0.381 e. The van der Waals surface area contributed by atoms with Crippen LogP contribution in [0.5, 0.6) is 0 Å². The van der Waals surface area contributed by atoms with Crippen LogP contribution >= 0.6 is 0 Å². The van der Waals surface area contributed by atoms with E-state index in [1.165, 1.54) is 0 Å². The van der Waals surface area contributed by atoms with Gasteiger partial charge in [0.2, 0.25) is 11.8 Å². The number of amides is 1. The van der Waals surface area contributed by atoms with Crippen molar-refractivity contribution in [3.63, 3.8) is 0 Å². The van der Waals surface area contributed by atoms with E-state index in [4.69, 9.17) is 9.26 Å². The fraction of sp³-hybridized carbons (Fsp3) is 0.800. The Morgan fingerprint density at radius 3 is 2.81 bits per heavy atom. The molecule has 1 atom stereocenters. The molecule has 2 aliphatic heterocycles. The lowest BCUT2D eigenvalue weighted by Crippen LogP contribution is -2.37. The summed E-state index contributed by atoms with van der Waals surface area (Å²) >= 11 is 0. The zero-order valence-electron chi connectivity index (χ0n) is 12.8. The molecule has 1 spiro atoms. The van der Waals surface area contributed by atoms with Crippen LogP contribution in [0.25, 0.3) is 0 Å². The van der Waals surface area contributed by atoms with Crippen LogP contribution in [0.1, 0.15) is 50.2 Å². The monoisotopic (exact) mass is 293 g/mol. The van der Waals surface area contributed by atoms with Crippen molar-refractivity contribution in [1.29, 1.82) is 0 Å². The summed E-state index contributed by atoms with van der Waals surface area (Å²) in [7, 11) is 0. The molecule has 0 unspecified atom stereocenters. The maximum absolute atomic E-state index is 12.3. The van der Waals surface area contributed by atoms with Gasteiger partial charge < -0.3 is 14.2 Å². The van der Waals surface area contributed by atoms with Crippen molar-refractivity contribution in [2.24, 2.45) is 5.41 Å². The second kappa shape index (κ2) is 5.75. The van der Waals surface area contributed by atoms with E-state index in [1.54, 1.807) is 0 Å². The molecule has 6 heteroatoms. The van der Waals surface area contributed by atoms with E-state index in [-0.39, 0.29) is 17.2 Å². The van der Waals surface area contributed by atoms with Gasteiger partial charge in [-0.05, 0) is 26.2 Å². The summed E-state index contributed by atoms with van der Waals surface area (Å²) in [5.74, 6) is 1.72. The summed E-state index contributed by atoms with van der Waals surface area (Å²) in [6.45, 7) is 6.86. The van der Waals surface area contributed by atoms with Gasteiger partial charge in [-0.2, -0.15) is 4.98 Å². The molecule has 1 amide bonds. The van der Waals surface area contributed by atoms with Crippen molar-refractivity contribution in [3.05, 3.63) is 11.7 Å². The van der Waals surface area contributed by atoms with Gasteiger partial charge in [-0.3, -0.25) is 4.79 Å². The van der Waals surface area contributed by atoms with Gasteiger partial charge in [0.1, 0.15) is 0 Å². The Kier molecular flexibility index (Phi) is 3.97. The lowest BCUT2D eigenvalue weighted by molar-refractivity contribution is -0.130. The molecule has 2 saturated heterocycles. The molecule has 21 heavy (non-hydrogen) atoms. The minimum absolute atomic E-state index is 0.0423. The second-order valence-electron chi connectivity index (χ2n) is 6.23. The summed E-state index contributed by atoms with van der Waals surface area (Å²) in [6.07, 6.45) is 3.40. The third-order valence-corrected chi connectivity index (χ3v) is 4.79. The highest BCUT2D eigenvalue weighted by Gasteiger charge is 2.51. The predicted molar refractivity (Wildman–Crippen MR) is 75.8 cm³/mol. The molecule has 3 heterocycles. The van der Waals surface area contributed by atoms with E-state index < -0.39 is 0 Å². The van der Waals surface area contributed by atoms with Crippen molar-refractivity contribution >= 4 is 5.91 Å². The number of nitrogens with zero attached hydrogens (tertiary/aromatic N) is 3. The van der Waals surface area contributed by atoms with Crippen molar-refractivity contribution in [2.45, 2.75) is 45.4 Å². The van der Waals surface area contributed by atoms with Crippen LogP contribution in [0.15, 0.2) is 4.52 Å². The fourth-order valence-electron chi connectivity index (χ4n) is 3.61. The van der Waals surface area contributed by atoms with Gasteiger partial charge in [0.25, 0.3) is 0 Å². The van der Waals surface area contributed by atoms with Gasteiger partial charge >= 0.3 is 0 Å². The number of aryl methyl sites for hydroxylation is 1. The Balaban J connectivity index is 1.86. The first-order valence-corrected chi connectivity index (χ1v) is 7.80. The summed E-state index contributed by atoms with van der Waals surface area (Å²) in [6, 6.07) is 0. The second-order valence-corrected chi connectivity index (χ2v) is 6.23. The number of likely N-dealkylation sites (tertiary alicyclic amines) is 1. The zero-order valence-corrected chi connectivity index (χ0v) is 12.8. The maximum atomic E-state index is 12.3. The van der Waals surface area contributed by atoms with Crippen LogP contribution in [0.2, 0.25) is 0 Å². The lowest BCUT2D eigenvalue weighted by Gasteiger charge is -2.36. The van der Waals surface area contributed by atoms with E-state index in [0.29, 0.717) is 24.7 Å². The van der Waals surface area contributed by atoms with Crippen LogP contribution in [0, 0.1) is 12.3 Å². The van der Waals surface area contributed by atoms with E-state index in [0.717, 1.165) is 39.0 Å². The fourth-order valence-corrected chi connectivity index (χ4v) is 3.61. The molecule has 0 radical (unpaired) electrons. The van der Waals surface area contributed by atoms with Gasteiger partial charge in [-0.15, -0.1) is 0 Å². The first-order valence-electron chi connectivity index (χ1n) is 7.80. The van der Waals surface area contributed by atoms with Gasteiger partial charge in [0.15, 0.2) is 5.82 Å². The van der Waals surface area contributed by atoms with Crippen molar-refractivity contribution in [2.75, 3.05) is 26.3 Å². The van der Waals surface area contributed by atoms with Gasteiger partial charge in [0.05, 0.1) is 5.92 Å². The van der Waals surface area contributed by atoms with Crippen LogP contribution in [-0.4, -0.2) is 47.3 Å². The number of ether oxygens (including phenoxy) is 1. The van der Waals surface area contributed by atoms with E-state index >= 15 is 0 Å². The third kappa shape index (κ3) is 2.69. The zero-order chi connectivity index (χ0) is 14.9. The average Bonchev–Trinajstić information content (AvgIpc) is 3.05. The quantitative estimate of drug-likeness (QED) is 0.851. The number of hydrogen-bond donors (Lipinski definition) is 0. The van der Waals surface area contributed by atoms with Gasteiger partial charge in [0, 0.05) is 38.1 Å². The average molecular weight is 293 g/mol. The first kappa shape index (κ1) is 14.5. The molecule has 1 aromatic rings. The van der Waals surface area contributed by atoms with E-state index in [1.807, 2.05) is 18.7 Å². The highest BCUT2D eigenvalue weighted by Crippen LogP contribution is 2.49. The third-order valence-electron chi connectivity index (χ3n) is 4.79. The Morgan fingerprint density at radius 1 is 1.43 bits per heavy atom. The molecule has 0 saturated carbocycles. The minimum atomic E-state index is 0.0423. The van der Waals surface area contributed by atoms with Crippen LogP contribution < -0.4 is 0 Å². The SMILES string of the molecule is CCCC(=O)N1C[C@@H](c2nc(C)no2)C2(CCOCC2)C1. The van der Waals surface area contributed by atoms with E-state index in [9.17, 15) is 4.79 Å². The maximum Gasteiger partial charge on any atom is 0.232 e. The molecule has 3 rings (SSSR count). The Hall–Kier alpha value is -1.43. The van der Waals surface area contributed by atoms with Crippen LogP contribution in [0.4, 0.5) is 0 Å². The van der Waals surface area contributed by atoms with Gasteiger partial charge in [-0.1, -0.05) is 12.1 Å². The number of carbonyl (C=O) groups is 1. The molecule has 0 aliphatic carbocycles. The van der Waals surface area contributed by atoms with Crippen molar-refractivity contribution < 1.29 is 14.1 Å². The molecule has 2 fully saturated rings. The van der Waals surface area contributed by atoms with Crippen molar-refractivity contribution in [1.82, 2.24) is 15.0 Å². The Morgan fingerprint density at radius 2 is 2.19 bits per heavy atom. The molecule has 116 valence electrons. The normalized spacial score (nSPS) is 24.7. The summed E-state index contributed by atoms with van der Waals surface area (Å²) in [5, 5.41) is 3.92. The molecule has 0 bridgehead atoms. The van der Waals surface area contributed by atoms with E-state index in [2.05, 4.69) is 10.1 Å². The number of hydrogen-bond acceptors (Lipinski definition) is 5. The highest BCUT2D eigenvalue weighted by atomic mass is 16.5. The molecule has 2 aliphatic rings. The Bertz CT molecular complexity index is 508. The smallest absolute Gasteiger partial charge is 0.232 e. The summed E-state index contributed by atoms with van der Waals surface area (Å²) in [4.78, 5) is 18.7. The van der Waals surface area contributed by atoms with Gasteiger partial charge in [-0.25, -0.2) is 0 Å². The lowest BCUT2D eigenvalue weighted by atomic mass is 9.72. The number of rotatable bonds is 3. The van der Waals surface area contributed by atoms with Crippen molar-refractivity contribution in [3.8, 4) is 0 Å². The standard InChI is InChI=1S/C15H23N3O3/c1-3-4-13(19)18-9-12(14-16-11(2)17-21-14)15(10-18)5-7-20-8-6-15/h12H,3-10H2,1-2H3/t12-/m0/s1. The molecule has 0 aromatic carbocycles. The molecule has 1 aromatic heterocycles. The Labute approximate surface area is 124 Å². The summed E-state index contributed by atoms with van der Waals surface area (Å²) < 4.78 is 10.9. The molecule has 0 N–H and O–H groups in total. The predicted octanol–water partition coefficient (Wildman–Crippen LogP) is 1.90. The molecular weight excluding hydrogens is 270 g/mol. The first-order chi connectivity index (χ1) is 10.1.